The maximum Gasteiger partial charge on any atom is 0.0791 e. The van der Waals surface area contributed by atoms with Crippen LogP contribution < -0.4 is 0 Å². The molecule has 3 saturated carbocycles. The summed E-state index contributed by atoms with van der Waals surface area (Å²) in [5, 5.41) is 20.2. The molecular formula is C28H44O2. The largest absolute Gasteiger partial charge is 0.390 e. The topological polar surface area (TPSA) is 40.5 Å². The van der Waals surface area contributed by atoms with Crippen molar-refractivity contribution >= 4 is 0 Å². The number of aliphatic hydroxyl groups excluding tert-OH is 1. The van der Waals surface area contributed by atoms with Crippen LogP contribution in [-0.2, 0) is 0 Å². The second kappa shape index (κ2) is 9.17. The summed E-state index contributed by atoms with van der Waals surface area (Å²) in [4.78, 5) is 0. The Morgan fingerprint density at radius 1 is 1.23 bits per heavy atom. The van der Waals surface area contributed by atoms with Gasteiger partial charge in [0.25, 0.3) is 0 Å². The molecule has 0 spiro atoms. The van der Waals surface area contributed by atoms with E-state index in [-0.39, 0.29) is 0 Å². The Morgan fingerprint density at radius 3 is 2.67 bits per heavy atom. The van der Waals surface area contributed by atoms with E-state index in [1.165, 1.54) is 44.1 Å². The number of hydrogen-bond acceptors (Lipinski definition) is 2. The molecule has 3 aliphatic carbocycles. The van der Waals surface area contributed by atoms with Gasteiger partial charge in [0.2, 0.25) is 0 Å². The van der Waals surface area contributed by atoms with Crippen LogP contribution in [0, 0.1) is 23.2 Å². The summed E-state index contributed by atoms with van der Waals surface area (Å²) >= 11 is 0. The van der Waals surface area contributed by atoms with E-state index in [0.717, 1.165) is 42.2 Å². The predicted octanol–water partition coefficient (Wildman–Crippen LogP) is 6.90. The van der Waals surface area contributed by atoms with Crippen molar-refractivity contribution in [2.75, 3.05) is 0 Å². The van der Waals surface area contributed by atoms with Gasteiger partial charge in [0.05, 0.1) is 11.7 Å². The molecule has 2 heteroatoms. The van der Waals surface area contributed by atoms with Crippen LogP contribution >= 0.6 is 0 Å². The highest BCUT2D eigenvalue weighted by Crippen LogP contribution is 2.60. The molecule has 3 aliphatic rings. The molecule has 168 valence electrons. The van der Waals surface area contributed by atoms with Crippen LogP contribution in [0.15, 0.2) is 47.6 Å². The highest BCUT2D eigenvalue weighted by Gasteiger charge is 2.50. The fourth-order valence-corrected chi connectivity index (χ4v) is 6.67. The van der Waals surface area contributed by atoms with Gasteiger partial charge in [0.15, 0.2) is 0 Å². The first-order chi connectivity index (χ1) is 14.0. The van der Waals surface area contributed by atoms with E-state index in [9.17, 15) is 10.2 Å². The van der Waals surface area contributed by atoms with Gasteiger partial charge in [0, 0.05) is 6.42 Å². The van der Waals surface area contributed by atoms with Gasteiger partial charge in [-0.05, 0) is 98.7 Å². The van der Waals surface area contributed by atoms with Crippen molar-refractivity contribution in [2.24, 2.45) is 23.2 Å². The minimum absolute atomic E-state index is 0.411. The molecule has 2 nitrogen and oxygen atoms in total. The minimum Gasteiger partial charge on any atom is -0.390 e. The molecule has 0 aromatic rings. The molecule has 0 radical (unpaired) electrons. The Hall–Kier alpha value is -1.12. The van der Waals surface area contributed by atoms with E-state index < -0.39 is 11.7 Å². The van der Waals surface area contributed by atoms with Crippen molar-refractivity contribution in [1.82, 2.24) is 0 Å². The third-order valence-corrected chi connectivity index (χ3v) is 8.45. The summed E-state index contributed by atoms with van der Waals surface area (Å²) in [6, 6.07) is 0. The Labute approximate surface area is 184 Å². The summed E-state index contributed by atoms with van der Waals surface area (Å²) in [7, 11) is 0. The van der Waals surface area contributed by atoms with Gasteiger partial charge < -0.3 is 10.2 Å². The average Bonchev–Trinajstić information content (AvgIpc) is 3.00. The molecule has 0 heterocycles. The van der Waals surface area contributed by atoms with Crippen molar-refractivity contribution < 1.29 is 10.2 Å². The number of hydrogen-bond donors (Lipinski definition) is 2. The number of fused-ring (bicyclic) bond motifs is 1. The van der Waals surface area contributed by atoms with Gasteiger partial charge in [-0.2, -0.15) is 0 Å². The molecule has 0 amide bonds. The maximum absolute atomic E-state index is 10.2. The third kappa shape index (κ3) is 5.19. The van der Waals surface area contributed by atoms with Crippen molar-refractivity contribution in [1.29, 1.82) is 0 Å². The summed E-state index contributed by atoms with van der Waals surface area (Å²) in [6.45, 7) is 17.0. The Morgan fingerprint density at radius 2 is 1.97 bits per heavy atom. The smallest absolute Gasteiger partial charge is 0.0791 e. The minimum atomic E-state index is -0.543. The highest BCUT2D eigenvalue weighted by molar-refractivity contribution is 5.41. The van der Waals surface area contributed by atoms with E-state index in [0.29, 0.717) is 17.8 Å². The van der Waals surface area contributed by atoms with Gasteiger partial charge in [-0.25, -0.2) is 0 Å². The lowest BCUT2D eigenvalue weighted by Crippen LogP contribution is -2.36. The lowest BCUT2D eigenvalue weighted by molar-refractivity contribution is 0.0596. The number of aliphatic hydroxyl groups is 2. The number of allylic oxidation sites excluding steroid dienone is 4. The van der Waals surface area contributed by atoms with Crippen LogP contribution in [0.1, 0.15) is 91.9 Å². The fraction of sp³-hybridized carbons (Fsp3) is 0.714. The average molecular weight is 413 g/mol. The molecule has 30 heavy (non-hydrogen) atoms. The monoisotopic (exact) mass is 412 g/mol. The standard InChI is InChI=1S/C28H44O2/c1-19(9-7-15-27(4,5)30)24-13-14-25-22(10-8-16-28(24,25)6)11-12-23-18-26(29)21(3)17-20(23)2/h11-12,19,24-26,29-30H,2-3,7-10,13-18H2,1,4-6H3/b22-11?,23-12-/t19-,24+,25?,26+,28+/m0/s1. The quantitative estimate of drug-likeness (QED) is 0.466. The summed E-state index contributed by atoms with van der Waals surface area (Å²) in [5.74, 6) is 2.20. The van der Waals surface area contributed by atoms with Gasteiger partial charge >= 0.3 is 0 Å². The fourth-order valence-electron chi connectivity index (χ4n) is 6.67. The van der Waals surface area contributed by atoms with E-state index in [4.69, 9.17) is 0 Å². The zero-order valence-corrected chi connectivity index (χ0v) is 19.8. The van der Waals surface area contributed by atoms with Gasteiger partial charge in [0.1, 0.15) is 0 Å². The van der Waals surface area contributed by atoms with E-state index in [2.05, 4.69) is 39.2 Å². The van der Waals surface area contributed by atoms with Crippen LogP contribution in [0.4, 0.5) is 0 Å². The first-order valence-corrected chi connectivity index (χ1v) is 12.2. The molecule has 0 aromatic heterocycles. The van der Waals surface area contributed by atoms with E-state index in [1.54, 1.807) is 5.57 Å². The van der Waals surface area contributed by atoms with Gasteiger partial charge in [-0.15, -0.1) is 0 Å². The normalized spacial score (nSPS) is 36.4. The van der Waals surface area contributed by atoms with E-state index >= 15 is 0 Å². The Balaban J connectivity index is 1.69. The molecular weight excluding hydrogens is 368 g/mol. The van der Waals surface area contributed by atoms with Gasteiger partial charge in [-0.1, -0.05) is 57.6 Å². The molecule has 3 fully saturated rings. The van der Waals surface area contributed by atoms with Crippen LogP contribution in [0.25, 0.3) is 0 Å². The molecule has 5 atom stereocenters. The SMILES string of the molecule is C=C1CC(=C)[C@H](O)C/C1=C/C=C1CCC[C@@]2(C)C1CC[C@@H]2[C@@H](C)CCCC(C)(C)O. The van der Waals surface area contributed by atoms with Crippen molar-refractivity contribution in [2.45, 2.75) is 104 Å². The first-order valence-electron chi connectivity index (χ1n) is 12.2. The third-order valence-electron chi connectivity index (χ3n) is 8.45. The molecule has 0 saturated heterocycles. The maximum atomic E-state index is 10.2. The van der Waals surface area contributed by atoms with Crippen LogP contribution in [-0.4, -0.2) is 21.9 Å². The van der Waals surface area contributed by atoms with Crippen LogP contribution in [0.2, 0.25) is 0 Å². The molecule has 2 N–H and O–H groups in total. The van der Waals surface area contributed by atoms with Crippen LogP contribution in [0.5, 0.6) is 0 Å². The summed E-state index contributed by atoms with van der Waals surface area (Å²) in [5.41, 5.74) is 4.70. The first kappa shape index (κ1) is 23.5. The summed E-state index contributed by atoms with van der Waals surface area (Å²) in [6.07, 6.45) is 15.3. The second-order valence-corrected chi connectivity index (χ2v) is 11.4. The molecule has 1 unspecified atom stereocenters. The second-order valence-electron chi connectivity index (χ2n) is 11.4. The lowest BCUT2D eigenvalue weighted by Gasteiger charge is -2.44. The molecule has 3 rings (SSSR count). The van der Waals surface area contributed by atoms with E-state index in [1.807, 2.05) is 13.8 Å². The molecule has 0 bridgehead atoms. The predicted molar refractivity (Wildman–Crippen MR) is 127 cm³/mol. The Bertz CT molecular complexity index is 719. The Kier molecular flexibility index (Phi) is 7.19. The lowest BCUT2D eigenvalue weighted by atomic mass is 9.60. The van der Waals surface area contributed by atoms with Crippen molar-refractivity contribution in [3.63, 3.8) is 0 Å². The van der Waals surface area contributed by atoms with Crippen molar-refractivity contribution in [3.8, 4) is 0 Å². The summed E-state index contributed by atoms with van der Waals surface area (Å²) < 4.78 is 0. The zero-order chi connectivity index (χ0) is 22.1. The van der Waals surface area contributed by atoms with Gasteiger partial charge in [-0.3, -0.25) is 0 Å². The van der Waals surface area contributed by atoms with Crippen LogP contribution in [0.3, 0.4) is 0 Å². The molecule has 0 aliphatic heterocycles. The highest BCUT2D eigenvalue weighted by atomic mass is 16.3. The molecule has 0 aromatic carbocycles. The van der Waals surface area contributed by atoms with Crippen molar-refractivity contribution in [3.05, 3.63) is 47.6 Å². The number of rotatable bonds is 6. The zero-order valence-electron chi connectivity index (χ0n) is 19.8.